The Hall–Kier alpha value is -3.04. The molecular formula is C23H18ClNO2. The van der Waals surface area contributed by atoms with Gasteiger partial charge in [0.05, 0.1) is 25.4 Å². The summed E-state index contributed by atoms with van der Waals surface area (Å²) in [5.74, 6) is 1.50. The average molecular weight is 376 g/mol. The molecule has 0 radical (unpaired) electrons. The van der Waals surface area contributed by atoms with Gasteiger partial charge in [0.25, 0.3) is 0 Å². The van der Waals surface area contributed by atoms with E-state index in [4.69, 9.17) is 26.1 Å². The molecule has 4 rings (SSSR count). The summed E-state index contributed by atoms with van der Waals surface area (Å²) in [5, 5.41) is 1.70. The molecule has 0 saturated carbocycles. The third kappa shape index (κ3) is 3.34. The number of fused-ring (bicyclic) bond motifs is 1. The molecule has 0 spiro atoms. The van der Waals surface area contributed by atoms with Gasteiger partial charge in [0, 0.05) is 16.0 Å². The summed E-state index contributed by atoms with van der Waals surface area (Å²) in [4.78, 5) is 4.86. The third-order valence-corrected chi connectivity index (χ3v) is 4.77. The fourth-order valence-corrected chi connectivity index (χ4v) is 3.38. The van der Waals surface area contributed by atoms with Crippen molar-refractivity contribution in [3.05, 3.63) is 77.8 Å². The largest absolute Gasteiger partial charge is 0.497 e. The first-order valence-corrected chi connectivity index (χ1v) is 8.95. The molecule has 0 saturated heterocycles. The Morgan fingerprint density at radius 1 is 0.778 bits per heavy atom. The first-order chi connectivity index (χ1) is 13.2. The summed E-state index contributed by atoms with van der Waals surface area (Å²) in [6.07, 6.45) is 0. The van der Waals surface area contributed by atoms with Gasteiger partial charge in [-0.05, 0) is 53.6 Å². The second-order valence-electron chi connectivity index (χ2n) is 6.15. The van der Waals surface area contributed by atoms with Crippen LogP contribution in [0.4, 0.5) is 0 Å². The fourth-order valence-electron chi connectivity index (χ4n) is 3.21. The summed E-state index contributed by atoms with van der Waals surface area (Å²) in [7, 11) is 3.31. The van der Waals surface area contributed by atoms with Gasteiger partial charge in [0.15, 0.2) is 0 Å². The van der Waals surface area contributed by atoms with E-state index in [0.717, 1.165) is 44.8 Å². The molecular weight excluding hydrogens is 358 g/mol. The number of pyridine rings is 1. The average Bonchev–Trinajstić information content (AvgIpc) is 2.73. The highest BCUT2D eigenvalue weighted by molar-refractivity contribution is 6.31. The Bertz CT molecular complexity index is 1110. The van der Waals surface area contributed by atoms with Crippen molar-refractivity contribution >= 4 is 22.5 Å². The van der Waals surface area contributed by atoms with Crippen molar-refractivity contribution in [3.63, 3.8) is 0 Å². The van der Waals surface area contributed by atoms with Crippen molar-refractivity contribution in [3.8, 4) is 33.9 Å². The minimum Gasteiger partial charge on any atom is -0.497 e. The number of hydrogen-bond acceptors (Lipinski definition) is 3. The van der Waals surface area contributed by atoms with Crippen LogP contribution in [-0.4, -0.2) is 19.2 Å². The second kappa shape index (κ2) is 7.29. The Kier molecular flexibility index (Phi) is 4.69. The maximum atomic E-state index is 6.26. The third-order valence-electron chi connectivity index (χ3n) is 4.54. The van der Waals surface area contributed by atoms with Crippen molar-refractivity contribution in [2.24, 2.45) is 0 Å². The standard InChI is InChI=1S/C23H18ClNO2/c1-26-17-9-11-23(27-2)20(13-17)22-14-18(15-6-4-3-5-7-15)19-12-16(24)8-10-21(19)25-22/h3-14H,1-2H3. The van der Waals surface area contributed by atoms with E-state index in [1.807, 2.05) is 54.6 Å². The zero-order valence-electron chi connectivity index (χ0n) is 15.1. The highest BCUT2D eigenvalue weighted by atomic mass is 35.5. The predicted molar refractivity (Wildman–Crippen MR) is 111 cm³/mol. The highest BCUT2D eigenvalue weighted by Crippen LogP contribution is 2.37. The summed E-state index contributed by atoms with van der Waals surface area (Å²) in [6, 6.07) is 23.8. The fraction of sp³-hybridized carbons (Fsp3) is 0.0870. The molecule has 0 atom stereocenters. The van der Waals surface area contributed by atoms with Crippen LogP contribution in [0.25, 0.3) is 33.3 Å². The molecule has 3 aromatic carbocycles. The maximum absolute atomic E-state index is 6.26. The molecule has 4 heteroatoms. The summed E-state index contributed by atoms with van der Waals surface area (Å²) in [6.45, 7) is 0. The van der Waals surface area contributed by atoms with Crippen LogP contribution in [0.5, 0.6) is 11.5 Å². The Balaban J connectivity index is 2.02. The second-order valence-corrected chi connectivity index (χ2v) is 6.59. The molecule has 0 N–H and O–H groups in total. The minimum atomic E-state index is 0.688. The van der Waals surface area contributed by atoms with Gasteiger partial charge in [-0.15, -0.1) is 0 Å². The number of halogens is 1. The lowest BCUT2D eigenvalue weighted by atomic mass is 9.98. The summed E-state index contributed by atoms with van der Waals surface area (Å²) < 4.78 is 11.0. The number of methoxy groups -OCH3 is 2. The highest BCUT2D eigenvalue weighted by Gasteiger charge is 2.14. The monoisotopic (exact) mass is 375 g/mol. The first kappa shape index (κ1) is 17.4. The Morgan fingerprint density at radius 3 is 2.33 bits per heavy atom. The van der Waals surface area contributed by atoms with Crippen molar-refractivity contribution in [2.45, 2.75) is 0 Å². The molecule has 0 bridgehead atoms. The SMILES string of the molecule is COc1ccc(OC)c(-c2cc(-c3ccccc3)c3cc(Cl)ccc3n2)c1. The smallest absolute Gasteiger partial charge is 0.128 e. The molecule has 1 heterocycles. The molecule has 0 amide bonds. The number of hydrogen-bond donors (Lipinski definition) is 0. The van der Waals surface area contributed by atoms with E-state index in [0.29, 0.717) is 5.02 Å². The van der Waals surface area contributed by atoms with Crippen LogP contribution >= 0.6 is 11.6 Å². The molecule has 4 aromatic rings. The van der Waals surface area contributed by atoms with Crippen LogP contribution < -0.4 is 9.47 Å². The molecule has 0 aliphatic rings. The van der Waals surface area contributed by atoms with Crippen molar-refractivity contribution in [1.29, 1.82) is 0 Å². The molecule has 3 nitrogen and oxygen atoms in total. The lowest BCUT2D eigenvalue weighted by Crippen LogP contribution is -1.94. The van der Waals surface area contributed by atoms with Crippen LogP contribution in [0.1, 0.15) is 0 Å². The molecule has 0 aliphatic carbocycles. The molecule has 134 valence electrons. The van der Waals surface area contributed by atoms with Gasteiger partial charge in [-0.3, -0.25) is 0 Å². The number of nitrogens with zero attached hydrogens (tertiary/aromatic N) is 1. The van der Waals surface area contributed by atoms with Crippen LogP contribution in [0.3, 0.4) is 0 Å². The van der Waals surface area contributed by atoms with Crippen LogP contribution in [0, 0.1) is 0 Å². The summed E-state index contributed by atoms with van der Waals surface area (Å²) in [5.41, 5.74) is 4.75. The Labute approximate surface area is 163 Å². The number of aromatic nitrogens is 1. The summed E-state index contributed by atoms with van der Waals surface area (Å²) >= 11 is 6.26. The van der Waals surface area contributed by atoms with E-state index >= 15 is 0 Å². The van der Waals surface area contributed by atoms with Crippen LogP contribution in [0.15, 0.2) is 72.8 Å². The number of benzene rings is 3. The van der Waals surface area contributed by atoms with E-state index in [1.54, 1.807) is 14.2 Å². The zero-order valence-corrected chi connectivity index (χ0v) is 15.8. The van der Waals surface area contributed by atoms with Gasteiger partial charge in [0.2, 0.25) is 0 Å². The minimum absolute atomic E-state index is 0.688. The molecule has 0 fully saturated rings. The quantitative estimate of drug-likeness (QED) is 0.423. The van der Waals surface area contributed by atoms with E-state index in [9.17, 15) is 0 Å². The van der Waals surface area contributed by atoms with Crippen LogP contribution in [-0.2, 0) is 0 Å². The van der Waals surface area contributed by atoms with Gasteiger partial charge < -0.3 is 9.47 Å². The van der Waals surface area contributed by atoms with Crippen molar-refractivity contribution in [2.75, 3.05) is 14.2 Å². The maximum Gasteiger partial charge on any atom is 0.128 e. The van der Waals surface area contributed by atoms with Crippen molar-refractivity contribution in [1.82, 2.24) is 4.98 Å². The topological polar surface area (TPSA) is 31.4 Å². The lowest BCUT2D eigenvalue weighted by molar-refractivity contribution is 0.404. The lowest BCUT2D eigenvalue weighted by Gasteiger charge is -2.14. The van der Waals surface area contributed by atoms with Gasteiger partial charge in [-0.25, -0.2) is 4.98 Å². The van der Waals surface area contributed by atoms with Crippen molar-refractivity contribution < 1.29 is 9.47 Å². The van der Waals surface area contributed by atoms with Gasteiger partial charge in [-0.2, -0.15) is 0 Å². The van der Waals surface area contributed by atoms with Gasteiger partial charge in [0.1, 0.15) is 11.5 Å². The van der Waals surface area contributed by atoms with E-state index in [1.165, 1.54) is 0 Å². The predicted octanol–water partition coefficient (Wildman–Crippen LogP) is 6.24. The number of rotatable bonds is 4. The van der Waals surface area contributed by atoms with E-state index in [-0.39, 0.29) is 0 Å². The first-order valence-electron chi connectivity index (χ1n) is 8.58. The number of ether oxygens (including phenoxy) is 2. The van der Waals surface area contributed by atoms with E-state index < -0.39 is 0 Å². The van der Waals surface area contributed by atoms with E-state index in [2.05, 4.69) is 18.2 Å². The zero-order chi connectivity index (χ0) is 18.8. The normalized spacial score (nSPS) is 10.8. The van der Waals surface area contributed by atoms with Gasteiger partial charge in [-0.1, -0.05) is 41.9 Å². The molecule has 27 heavy (non-hydrogen) atoms. The van der Waals surface area contributed by atoms with Crippen LogP contribution in [0.2, 0.25) is 5.02 Å². The molecule has 1 aromatic heterocycles. The molecule has 0 unspecified atom stereocenters. The van der Waals surface area contributed by atoms with Gasteiger partial charge >= 0.3 is 0 Å². The Morgan fingerprint density at radius 2 is 1.59 bits per heavy atom. The molecule has 0 aliphatic heterocycles.